The van der Waals surface area contributed by atoms with Crippen molar-refractivity contribution >= 4 is 40.9 Å². The van der Waals surface area contributed by atoms with Crippen LogP contribution in [-0.4, -0.2) is 35.9 Å². The Balaban J connectivity index is 1.75. The molecule has 0 radical (unpaired) electrons. The Bertz CT molecular complexity index is 1300. The number of methoxy groups -OCH3 is 1. The van der Waals surface area contributed by atoms with Crippen LogP contribution >= 0.6 is 23.2 Å². The first-order chi connectivity index (χ1) is 18.1. The largest absolute Gasteiger partial charge is 0.493 e. The Morgan fingerprint density at radius 1 is 0.974 bits per heavy atom. The van der Waals surface area contributed by atoms with Gasteiger partial charge in [0.1, 0.15) is 6.10 Å². The van der Waals surface area contributed by atoms with Gasteiger partial charge in [-0.05, 0) is 36.6 Å². The number of aromatic nitrogens is 1. The van der Waals surface area contributed by atoms with Crippen LogP contribution in [0.5, 0.6) is 11.5 Å². The van der Waals surface area contributed by atoms with Gasteiger partial charge in [0.15, 0.2) is 17.2 Å². The van der Waals surface area contributed by atoms with E-state index in [1.807, 2.05) is 43.3 Å². The molecule has 9 heteroatoms. The summed E-state index contributed by atoms with van der Waals surface area (Å²) in [5.74, 6) is -2.46. The molecular formula is C29H29Cl2NO6. The lowest BCUT2D eigenvalue weighted by Crippen LogP contribution is -2.28. The van der Waals surface area contributed by atoms with Crippen LogP contribution in [0, 0.1) is 5.92 Å². The third kappa shape index (κ3) is 7.55. The van der Waals surface area contributed by atoms with Crippen molar-refractivity contribution in [2.45, 2.75) is 45.6 Å². The summed E-state index contributed by atoms with van der Waals surface area (Å²) in [6, 6.07) is 16.6. The third-order valence-corrected chi connectivity index (χ3v) is 6.77. The quantitative estimate of drug-likeness (QED) is 0.196. The van der Waals surface area contributed by atoms with E-state index in [1.165, 1.54) is 26.3 Å². The van der Waals surface area contributed by atoms with E-state index >= 15 is 0 Å². The van der Waals surface area contributed by atoms with E-state index in [9.17, 15) is 14.4 Å². The number of hydrogen-bond donors (Lipinski definition) is 0. The number of benzene rings is 2. The Hall–Kier alpha value is -3.42. The zero-order chi connectivity index (χ0) is 27.8. The lowest BCUT2D eigenvalue weighted by atomic mass is 9.88. The molecule has 0 fully saturated rings. The van der Waals surface area contributed by atoms with E-state index in [0.29, 0.717) is 16.5 Å². The van der Waals surface area contributed by atoms with Gasteiger partial charge in [0.05, 0.1) is 23.1 Å². The molecule has 0 bridgehead atoms. The molecule has 0 unspecified atom stereocenters. The van der Waals surface area contributed by atoms with Crippen molar-refractivity contribution in [2.24, 2.45) is 5.92 Å². The second kappa shape index (κ2) is 13.4. The molecule has 0 N–H and O–H groups in total. The first-order valence-corrected chi connectivity index (χ1v) is 12.8. The van der Waals surface area contributed by atoms with Crippen LogP contribution in [0.25, 0.3) is 0 Å². The summed E-state index contributed by atoms with van der Waals surface area (Å²) < 4.78 is 16.2. The second-order valence-electron chi connectivity index (χ2n) is 8.92. The Morgan fingerprint density at radius 2 is 1.68 bits per heavy atom. The number of rotatable bonds is 11. The van der Waals surface area contributed by atoms with Gasteiger partial charge in [-0.3, -0.25) is 14.4 Å². The van der Waals surface area contributed by atoms with Crippen molar-refractivity contribution < 1.29 is 28.6 Å². The van der Waals surface area contributed by atoms with E-state index in [0.717, 1.165) is 11.1 Å². The average molecular weight is 558 g/mol. The van der Waals surface area contributed by atoms with E-state index < -0.39 is 29.7 Å². The van der Waals surface area contributed by atoms with Gasteiger partial charge in [0.25, 0.3) is 0 Å². The van der Waals surface area contributed by atoms with Gasteiger partial charge in [0, 0.05) is 31.5 Å². The number of halogens is 2. The van der Waals surface area contributed by atoms with Gasteiger partial charge in [0.2, 0.25) is 5.75 Å². The Morgan fingerprint density at radius 3 is 2.32 bits per heavy atom. The Labute approximate surface area is 232 Å². The van der Waals surface area contributed by atoms with Crippen LogP contribution in [0.3, 0.4) is 0 Å². The van der Waals surface area contributed by atoms with Gasteiger partial charge in [-0.2, -0.15) is 0 Å². The van der Waals surface area contributed by atoms with Crippen LogP contribution in [-0.2, 0) is 20.7 Å². The van der Waals surface area contributed by atoms with Crippen molar-refractivity contribution in [3.63, 3.8) is 0 Å². The molecule has 200 valence electrons. The maximum absolute atomic E-state index is 13.0. The van der Waals surface area contributed by atoms with Crippen molar-refractivity contribution in [2.75, 3.05) is 7.11 Å². The molecular weight excluding hydrogens is 529 g/mol. The minimum absolute atomic E-state index is 0.0767. The first kappa shape index (κ1) is 29.1. The number of ketones is 1. The number of pyridine rings is 1. The highest BCUT2D eigenvalue weighted by Crippen LogP contribution is 2.32. The van der Waals surface area contributed by atoms with Crippen LogP contribution in [0.1, 0.15) is 54.7 Å². The molecule has 0 saturated heterocycles. The molecule has 7 nitrogen and oxygen atoms in total. The monoisotopic (exact) mass is 557 g/mol. The van der Waals surface area contributed by atoms with Crippen molar-refractivity contribution in [1.29, 1.82) is 0 Å². The van der Waals surface area contributed by atoms with Gasteiger partial charge < -0.3 is 14.2 Å². The lowest BCUT2D eigenvalue weighted by molar-refractivity contribution is -0.153. The van der Waals surface area contributed by atoms with Gasteiger partial charge >= 0.3 is 11.9 Å². The van der Waals surface area contributed by atoms with Crippen LogP contribution in [0.4, 0.5) is 0 Å². The fourth-order valence-electron chi connectivity index (χ4n) is 4.05. The van der Waals surface area contributed by atoms with Gasteiger partial charge in [-0.1, -0.05) is 66.5 Å². The summed E-state index contributed by atoms with van der Waals surface area (Å²) in [6.07, 6.45) is 1.23. The topological polar surface area (TPSA) is 91.8 Å². The minimum atomic E-state index is -0.774. The highest BCUT2D eigenvalue weighted by molar-refractivity contribution is 6.42. The molecule has 0 amide bonds. The van der Waals surface area contributed by atoms with E-state index in [4.69, 9.17) is 37.4 Å². The normalized spacial score (nSPS) is 13.2. The SMILES string of the molecule is COc1ccnc(C(=O)C[C@@H](C)C(=O)O[C@@H](C)[C@H](Cc2ccc(Cl)c(Cl)c2)c2ccccc2)c1OC(C)=O. The van der Waals surface area contributed by atoms with Crippen molar-refractivity contribution in [3.05, 3.63) is 87.7 Å². The third-order valence-electron chi connectivity index (χ3n) is 6.03. The van der Waals surface area contributed by atoms with Gasteiger partial charge in [-0.25, -0.2) is 4.98 Å². The van der Waals surface area contributed by atoms with Crippen LogP contribution < -0.4 is 9.47 Å². The molecule has 0 aliphatic rings. The summed E-state index contributed by atoms with van der Waals surface area (Å²) in [4.78, 5) is 41.7. The first-order valence-electron chi connectivity index (χ1n) is 12.0. The molecule has 0 saturated carbocycles. The summed E-state index contributed by atoms with van der Waals surface area (Å²) in [5, 5.41) is 0.916. The van der Waals surface area contributed by atoms with E-state index in [-0.39, 0.29) is 29.5 Å². The van der Waals surface area contributed by atoms with Crippen molar-refractivity contribution in [3.8, 4) is 11.5 Å². The highest BCUT2D eigenvalue weighted by Gasteiger charge is 2.29. The number of ether oxygens (including phenoxy) is 3. The molecule has 0 aliphatic carbocycles. The zero-order valence-corrected chi connectivity index (χ0v) is 23.1. The van der Waals surface area contributed by atoms with Crippen LogP contribution in [0.2, 0.25) is 10.0 Å². The lowest BCUT2D eigenvalue weighted by Gasteiger charge is -2.26. The number of hydrogen-bond acceptors (Lipinski definition) is 7. The zero-order valence-electron chi connectivity index (χ0n) is 21.6. The molecule has 0 aliphatic heterocycles. The number of nitrogens with zero attached hydrogens (tertiary/aromatic N) is 1. The molecule has 38 heavy (non-hydrogen) atoms. The molecule has 3 atom stereocenters. The summed E-state index contributed by atoms with van der Waals surface area (Å²) >= 11 is 12.3. The van der Waals surface area contributed by atoms with Crippen molar-refractivity contribution in [1.82, 2.24) is 4.98 Å². The maximum Gasteiger partial charge on any atom is 0.309 e. The predicted octanol–water partition coefficient (Wildman–Crippen LogP) is 6.49. The number of esters is 2. The summed E-state index contributed by atoms with van der Waals surface area (Å²) in [6.45, 7) is 4.64. The highest BCUT2D eigenvalue weighted by atomic mass is 35.5. The minimum Gasteiger partial charge on any atom is -0.493 e. The van der Waals surface area contributed by atoms with E-state index in [1.54, 1.807) is 19.1 Å². The fourth-order valence-corrected chi connectivity index (χ4v) is 4.37. The molecule has 0 spiro atoms. The van der Waals surface area contributed by atoms with Crippen LogP contribution in [0.15, 0.2) is 60.8 Å². The molecule has 1 aromatic heterocycles. The molecule has 3 rings (SSSR count). The van der Waals surface area contributed by atoms with Gasteiger partial charge in [-0.15, -0.1) is 0 Å². The average Bonchev–Trinajstić information content (AvgIpc) is 2.89. The fraction of sp³-hybridized carbons (Fsp3) is 0.310. The maximum atomic E-state index is 13.0. The predicted molar refractivity (Wildman–Crippen MR) is 145 cm³/mol. The summed E-state index contributed by atoms with van der Waals surface area (Å²) in [7, 11) is 1.39. The second-order valence-corrected chi connectivity index (χ2v) is 9.74. The molecule has 2 aromatic carbocycles. The molecule has 1 heterocycles. The van der Waals surface area contributed by atoms with E-state index in [2.05, 4.69) is 4.98 Å². The smallest absolute Gasteiger partial charge is 0.309 e. The number of carbonyl (C=O) groups is 3. The molecule has 3 aromatic rings. The number of carbonyl (C=O) groups excluding carboxylic acids is 3. The Kier molecular flexibility index (Phi) is 10.3. The number of Topliss-reactive ketones (excluding diaryl/α,β-unsaturated/α-hetero) is 1. The standard InChI is InChI=1S/C29H29Cl2NO6/c1-17(14-25(34)27-28(38-19(3)33)26(36-4)12-13-32-27)29(35)37-18(2)22(21-8-6-5-7-9-21)15-20-10-11-23(30)24(31)16-20/h5-13,16-18,22H,14-15H2,1-4H3/t17-,18+,22+/m1/s1. The summed E-state index contributed by atoms with van der Waals surface area (Å²) in [5.41, 5.74) is 1.85.